The highest BCUT2D eigenvalue weighted by molar-refractivity contribution is 5.87. The second kappa shape index (κ2) is 6.50. The van der Waals surface area contributed by atoms with Gasteiger partial charge in [0.05, 0.1) is 6.54 Å². The predicted octanol–water partition coefficient (Wildman–Crippen LogP) is 2.04. The van der Waals surface area contributed by atoms with E-state index in [1.165, 1.54) is 0 Å². The SMILES string of the molecule is C/C=C/C(=O)N1CCCC(Oc2cc(C)nc(C)n2)C1. The van der Waals surface area contributed by atoms with E-state index in [1.54, 1.807) is 12.2 Å². The maximum Gasteiger partial charge on any atom is 0.246 e. The fraction of sp³-hybridized carbons (Fsp3) is 0.533. The van der Waals surface area contributed by atoms with Gasteiger partial charge in [0.2, 0.25) is 11.8 Å². The predicted molar refractivity (Wildman–Crippen MR) is 76.6 cm³/mol. The third-order valence-corrected chi connectivity index (χ3v) is 3.23. The quantitative estimate of drug-likeness (QED) is 0.792. The summed E-state index contributed by atoms with van der Waals surface area (Å²) in [6, 6.07) is 1.83. The van der Waals surface area contributed by atoms with E-state index in [1.807, 2.05) is 31.7 Å². The standard InChI is InChI=1S/C15H21N3O2/c1-4-6-15(19)18-8-5-7-13(10-18)20-14-9-11(2)16-12(3)17-14/h4,6,9,13H,5,7-8,10H2,1-3H3/b6-4+. The van der Waals surface area contributed by atoms with Crippen molar-refractivity contribution in [1.82, 2.24) is 14.9 Å². The Bertz CT molecular complexity index is 494. The number of nitrogens with zero attached hydrogens (tertiary/aromatic N) is 3. The van der Waals surface area contributed by atoms with E-state index >= 15 is 0 Å². The van der Waals surface area contributed by atoms with Crippen LogP contribution in [0.25, 0.3) is 0 Å². The summed E-state index contributed by atoms with van der Waals surface area (Å²) in [5.41, 5.74) is 0.894. The molecule has 0 N–H and O–H groups in total. The third-order valence-electron chi connectivity index (χ3n) is 3.23. The van der Waals surface area contributed by atoms with E-state index in [-0.39, 0.29) is 12.0 Å². The molecule has 1 amide bonds. The number of carbonyl (C=O) groups excluding carboxylic acids is 1. The van der Waals surface area contributed by atoms with Gasteiger partial charge in [0, 0.05) is 18.3 Å². The fourth-order valence-electron chi connectivity index (χ4n) is 2.40. The summed E-state index contributed by atoms with van der Waals surface area (Å²) in [5.74, 6) is 1.36. The number of allylic oxidation sites excluding steroid dienone is 1. The van der Waals surface area contributed by atoms with Crippen LogP contribution >= 0.6 is 0 Å². The van der Waals surface area contributed by atoms with Crippen LogP contribution in [0.4, 0.5) is 0 Å². The first-order valence-corrected chi connectivity index (χ1v) is 6.99. The Morgan fingerprint density at radius 3 is 2.95 bits per heavy atom. The summed E-state index contributed by atoms with van der Waals surface area (Å²) >= 11 is 0. The third kappa shape index (κ3) is 3.79. The molecular weight excluding hydrogens is 254 g/mol. The smallest absolute Gasteiger partial charge is 0.246 e. The highest BCUT2D eigenvalue weighted by Crippen LogP contribution is 2.17. The minimum atomic E-state index is 0.00616. The van der Waals surface area contributed by atoms with Crippen LogP contribution in [0.5, 0.6) is 5.88 Å². The highest BCUT2D eigenvalue weighted by Gasteiger charge is 2.24. The normalized spacial score (nSPS) is 19.4. The first-order valence-electron chi connectivity index (χ1n) is 6.99. The van der Waals surface area contributed by atoms with Crippen molar-refractivity contribution in [2.24, 2.45) is 0 Å². The van der Waals surface area contributed by atoms with Crippen molar-refractivity contribution in [2.45, 2.75) is 39.7 Å². The zero-order valence-corrected chi connectivity index (χ0v) is 12.3. The average Bonchev–Trinajstić information content (AvgIpc) is 2.38. The molecule has 2 heterocycles. The lowest BCUT2D eigenvalue weighted by atomic mass is 10.1. The minimum absolute atomic E-state index is 0.00616. The minimum Gasteiger partial charge on any atom is -0.472 e. The van der Waals surface area contributed by atoms with Crippen molar-refractivity contribution in [1.29, 1.82) is 0 Å². The Kier molecular flexibility index (Phi) is 4.71. The number of ether oxygens (including phenoxy) is 1. The molecule has 1 aromatic heterocycles. The summed E-state index contributed by atoms with van der Waals surface area (Å²) in [6.45, 7) is 7.03. The summed E-state index contributed by atoms with van der Waals surface area (Å²) in [5, 5.41) is 0. The van der Waals surface area contributed by atoms with Gasteiger partial charge in [-0.25, -0.2) is 4.98 Å². The Morgan fingerprint density at radius 1 is 1.45 bits per heavy atom. The van der Waals surface area contributed by atoms with Gasteiger partial charge in [-0.05, 0) is 39.7 Å². The van der Waals surface area contributed by atoms with Gasteiger partial charge in [-0.2, -0.15) is 4.98 Å². The molecule has 5 nitrogen and oxygen atoms in total. The number of aromatic nitrogens is 2. The van der Waals surface area contributed by atoms with Gasteiger partial charge in [0.1, 0.15) is 11.9 Å². The number of hydrogen-bond acceptors (Lipinski definition) is 4. The first kappa shape index (κ1) is 14.5. The second-order valence-electron chi connectivity index (χ2n) is 5.06. The van der Waals surface area contributed by atoms with Crippen LogP contribution in [0.15, 0.2) is 18.2 Å². The summed E-state index contributed by atoms with van der Waals surface area (Å²) in [7, 11) is 0. The van der Waals surface area contributed by atoms with Crippen molar-refractivity contribution in [3.05, 3.63) is 29.7 Å². The molecular formula is C15H21N3O2. The van der Waals surface area contributed by atoms with Gasteiger partial charge >= 0.3 is 0 Å². The summed E-state index contributed by atoms with van der Waals surface area (Å²) < 4.78 is 5.91. The molecule has 1 aliphatic heterocycles. The van der Waals surface area contributed by atoms with Crippen molar-refractivity contribution >= 4 is 5.91 Å². The summed E-state index contributed by atoms with van der Waals surface area (Å²) in [6.07, 6.45) is 5.27. The maximum atomic E-state index is 11.9. The van der Waals surface area contributed by atoms with Gasteiger partial charge in [0.15, 0.2) is 0 Å². The summed E-state index contributed by atoms with van der Waals surface area (Å²) in [4.78, 5) is 22.2. The number of aryl methyl sites for hydroxylation is 2. The number of piperidine rings is 1. The van der Waals surface area contributed by atoms with E-state index in [0.29, 0.717) is 18.2 Å². The van der Waals surface area contributed by atoms with Crippen LogP contribution in [0.1, 0.15) is 31.3 Å². The topological polar surface area (TPSA) is 55.3 Å². The largest absolute Gasteiger partial charge is 0.472 e. The van der Waals surface area contributed by atoms with Crippen LogP contribution < -0.4 is 4.74 Å². The molecule has 0 bridgehead atoms. The molecule has 2 rings (SSSR count). The van der Waals surface area contributed by atoms with Gasteiger partial charge in [0.25, 0.3) is 0 Å². The average molecular weight is 275 g/mol. The van der Waals surface area contributed by atoms with E-state index in [9.17, 15) is 4.79 Å². The molecule has 1 fully saturated rings. The molecule has 0 aliphatic carbocycles. The van der Waals surface area contributed by atoms with Crippen LogP contribution in [-0.4, -0.2) is 40.0 Å². The van der Waals surface area contributed by atoms with Gasteiger partial charge < -0.3 is 9.64 Å². The monoisotopic (exact) mass is 275 g/mol. The Hall–Kier alpha value is -1.91. The molecule has 1 unspecified atom stereocenters. The Labute approximate surface area is 119 Å². The van der Waals surface area contributed by atoms with Gasteiger partial charge in [-0.3, -0.25) is 4.79 Å². The molecule has 0 aromatic carbocycles. The van der Waals surface area contributed by atoms with Crippen molar-refractivity contribution in [2.75, 3.05) is 13.1 Å². The molecule has 5 heteroatoms. The zero-order chi connectivity index (χ0) is 14.5. The number of likely N-dealkylation sites (tertiary alicyclic amines) is 1. The van der Waals surface area contributed by atoms with Gasteiger partial charge in [-0.1, -0.05) is 6.08 Å². The number of carbonyl (C=O) groups is 1. The molecule has 20 heavy (non-hydrogen) atoms. The number of hydrogen-bond donors (Lipinski definition) is 0. The molecule has 0 radical (unpaired) electrons. The fourth-order valence-corrected chi connectivity index (χ4v) is 2.40. The second-order valence-corrected chi connectivity index (χ2v) is 5.06. The lowest BCUT2D eigenvalue weighted by Crippen LogP contribution is -2.43. The zero-order valence-electron chi connectivity index (χ0n) is 12.3. The van der Waals surface area contributed by atoms with Crippen LogP contribution in [-0.2, 0) is 4.79 Å². The van der Waals surface area contributed by atoms with E-state index in [0.717, 1.165) is 25.1 Å². The maximum absolute atomic E-state index is 11.9. The molecule has 1 aliphatic rings. The van der Waals surface area contributed by atoms with Crippen LogP contribution in [0.2, 0.25) is 0 Å². The molecule has 1 saturated heterocycles. The first-order chi connectivity index (χ1) is 9.58. The van der Waals surface area contributed by atoms with E-state index < -0.39 is 0 Å². The Balaban J connectivity index is 2.00. The highest BCUT2D eigenvalue weighted by atomic mass is 16.5. The van der Waals surface area contributed by atoms with Gasteiger partial charge in [-0.15, -0.1) is 0 Å². The molecule has 108 valence electrons. The van der Waals surface area contributed by atoms with Crippen LogP contribution in [0.3, 0.4) is 0 Å². The molecule has 0 saturated carbocycles. The number of rotatable bonds is 3. The lowest BCUT2D eigenvalue weighted by Gasteiger charge is -2.32. The molecule has 1 aromatic rings. The van der Waals surface area contributed by atoms with E-state index in [2.05, 4.69) is 9.97 Å². The van der Waals surface area contributed by atoms with Crippen molar-refractivity contribution in [3.63, 3.8) is 0 Å². The van der Waals surface area contributed by atoms with Crippen molar-refractivity contribution in [3.8, 4) is 5.88 Å². The number of amides is 1. The van der Waals surface area contributed by atoms with Crippen LogP contribution in [0, 0.1) is 13.8 Å². The van der Waals surface area contributed by atoms with Crippen molar-refractivity contribution < 1.29 is 9.53 Å². The molecule has 1 atom stereocenters. The molecule has 0 spiro atoms. The van der Waals surface area contributed by atoms with E-state index in [4.69, 9.17) is 4.74 Å². The lowest BCUT2D eigenvalue weighted by molar-refractivity contribution is -0.128. The Morgan fingerprint density at radius 2 is 2.25 bits per heavy atom.